The van der Waals surface area contributed by atoms with E-state index in [0.717, 1.165) is 24.8 Å². The summed E-state index contributed by atoms with van der Waals surface area (Å²) in [5.74, 6) is -0.962. The number of fused-ring (bicyclic) bond motifs is 1. The van der Waals surface area contributed by atoms with Gasteiger partial charge in [-0.1, -0.05) is 57.5 Å². The van der Waals surface area contributed by atoms with Gasteiger partial charge in [-0.3, -0.25) is 0 Å². The van der Waals surface area contributed by atoms with Crippen molar-refractivity contribution in [1.82, 2.24) is 0 Å². The largest absolute Gasteiger partial charge is 0.395 e. The van der Waals surface area contributed by atoms with Crippen LogP contribution in [0, 0.1) is 16.7 Å². The molecular formula is C23H36O4. The van der Waals surface area contributed by atoms with Gasteiger partial charge < -0.3 is 19.7 Å². The van der Waals surface area contributed by atoms with Gasteiger partial charge in [0.15, 0.2) is 5.79 Å². The van der Waals surface area contributed by atoms with Crippen molar-refractivity contribution < 1.29 is 19.7 Å². The first-order chi connectivity index (χ1) is 12.6. The minimum atomic E-state index is -1.42. The number of methoxy groups -OCH3 is 2. The summed E-state index contributed by atoms with van der Waals surface area (Å²) in [6.45, 7) is 8.48. The maximum Gasteiger partial charge on any atom is 0.197 e. The normalized spacial score (nSPS) is 40.4. The fourth-order valence-electron chi connectivity index (χ4n) is 6.89. The summed E-state index contributed by atoms with van der Waals surface area (Å²) in [6.07, 6.45) is 3.76. The molecule has 0 aromatic heterocycles. The molecule has 152 valence electrons. The summed E-state index contributed by atoms with van der Waals surface area (Å²) >= 11 is 0. The molecule has 0 heterocycles. The predicted octanol–water partition coefficient (Wildman–Crippen LogP) is 3.89. The van der Waals surface area contributed by atoms with Gasteiger partial charge in [-0.05, 0) is 42.1 Å². The number of rotatable bonds is 4. The van der Waals surface area contributed by atoms with Crippen molar-refractivity contribution in [3.8, 4) is 0 Å². The summed E-state index contributed by atoms with van der Waals surface area (Å²) in [7, 11) is 3.20. The van der Waals surface area contributed by atoms with Crippen LogP contribution in [-0.2, 0) is 14.9 Å². The second-order valence-electron chi connectivity index (χ2n) is 9.68. The first kappa shape index (κ1) is 20.8. The second-order valence-corrected chi connectivity index (χ2v) is 9.68. The van der Waals surface area contributed by atoms with E-state index in [0.29, 0.717) is 6.42 Å². The lowest BCUT2D eigenvalue weighted by Gasteiger charge is -2.71. The van der Waals surface area contributed by atoms with Crippen molar-refractivity contribution in [3.05, 3.63) is 35.9 Å². The Morgan fingerprint density at radius 1 is 1.00 bits per heavy atom. The van der Waals surface area contributed by atoms with E-state index < -0.39 is 16.8 Å². The van der Waals surface area contributed by atoms with Crippen LogP contribution in [0.25, 0.3) is 0 Å². The van der Waals surface area contributed by atoms with Crippen LogP contribution in [0.4, 0.5) is 0 Å². The van der Waals surface area contributed by atoms with Crippen molar-refractivity contribution in [2.24, 2.45) is 16.7 Å². The third-order valence-corrected chi connectivity index (χ3v) is 8.41. The van der Waals surface area contributed by atoms with Crippen LogP contribution in [0.3, 0.4) is 0 Å². The topological polar surface area (TPSA) is 58.9 Å². The van der Waals surface area contributed by atoms with Crippen LogP contribution in [0.5, 0.6) is 0 Å². The predicted molar refractivity (Wildman–Crippen MR) is 106 cm³/mol. The highest BCUT2D eigenvalue weighted by molar-refractivity contribution is 5.38. The first-order valence-electron chi connectivity index (χ1n) is 10.1. The molecule has 1 aromatic carbocycles. The minimum absolute atomic E-state index is 0.0566. The van der Waals surface area contributed by atoms with E-state index in [4.69, 9.17) is 9.47 Å². The molecule has 0 radical (unpaired) electrons. The number of benzene rings is 1. The molecule has 2 aliphatic carbocycles. The smallest absolute Gasteiger partial charge is 0.197 e. The van der Waals surface area contributed by atoms with Gasteiger partial charge in [0, 0.05) is 20.6 Å². The molecule has 4 nitrogen and oxygen atoms in total. The van der Waals surface area contributed by atoms with Gasteiger partial charge in [-0.2, -0.15) is 0 Å². The lowest BCUT2D eigenvalue weighted by atomic mass is 9.37. The monoisotopic (exact) mass is 376 g/mol. The minimum Gasteiger partial charge on any atom is -0.395 e. The number of aliphatic hydroxyl groups is 2. The fourth-order valence-corrected chi connectivity index (χ4v) is 6.89. The van der Waals surface area contributed by atoms with E-state index in [2.05, 4.69) is 20.8 Å². The standard InChI is InChI=1S/C23H36O4/c1-19(2)13-10-14-20(3)18(19)15-23(26-5,27-6)21(4,25)22(20,16-24)17-11-8-7-9-12-17/h7-9,11-12,18,24-25H,10,13-16H2,1-6H3. The van der Waals surface area contributed by atoms with Crippen LogP contribution in [-0.4, -0.2) is 42.4 Å². The van der Waals surface area contributed by atoms with Gasteiger partial charge >= 0.3 is 0 Å². The summed E-state index contributed by atoms with van der Waals surface area (Å²) in [6, 6.07) is 9.97. The quantitative estimate of drug-likeness (QED) is 0.783. The molecule has 0 spiro atoms. The van der Waals surface area contributed by atoms with Gasteiger partial charge in [0.1, 0.15) is 5.60 Å². The molecule has 0 aliphatic heterocycles. The average Bonchev–Trinajstić information content (AvgIpc) is 2.62. The van der Waals surface area contributed by atoms with E-state index in [9.17, 15) is 10.2 Å². The second kappa shape index (κ2) is 6.55. The molecule has 1 aromatic rings. The molecule has 2 fully saturated rings. The summed E-state index contributed by atoms with van der Waals surface area (Å²) in [4.78, 5) is 0. The van der Waals surface area contributed by atoms with Gasteiger partial charge in [-0.25, -0.2) is 0 Å². The highest BCUT2D eigenvalue weighted by Crippen LogP contribution is 2.70. The zero-order valence-corrected chi connectivity index (χ0v) is 17.7. The number of ether oxygens (including phenoxy) is 2. The average molecular weight is 377 g/mol. The van der Waals surface area contributed by atoms with Gasteiger partial charge in [0.25, 0.3) is 0 Å². The Labute approximate surface area is 163 Å². The number of aliphatic hydroxyl groups excluding tert-OH is 1. The van der Waals surface area contributed by atoms with Crippen LogP contribution in [0.15, 0.2) is 30.3 Å². The van der Waals surface area contributed by atoms with Crippen molar-refractivity contribution in [3.63, 3.8) is 0 Å². The Morgan fingerprint density at radius 3 is 2.11 bits per heavy atom. The molecule has 4 unspecified atom stereocenters. The molecule has 2 saturated carbocycles. The molecule has 0 saturated heterocycles. The Balaban J connectivity index is 2.38. The molecule has 3 rings (SSSR count). The first-order valence-corrected chi connectivity index (χ1v) is 10.1. The fraction of sp³-hybridized carbons (Fsp3) is 0.739. The zero-order valence-electron chi connectivity index (χ0n) is 17.7. The Hall–Kier alpha value is -0.940. The van der Waals surface area contributed by atoms with Crippen molar-refractivity contribution in [2.45, 2.75) is 70.2 Å². The van der Waals surface area contributed by atoms with Crippen LogP contribution in [0.1, 0.15) is 58.9 Å². The molecular weight excluding hydrogens is 340 g/mol. The highest BCUT2D eigenvalue weighted by Gasteiger charge is 2.75. The van der Waals surface area contributed by atoms with Crippen LogP contribution in [0.2, 0.25) is 0 Å². The number of hydrogen-bond acceptors (Lipinski definition) is 4. The Morgan fingerprint density at radius 2 is 1.59 bits per heavy atom. The van der Waals surface area contributed by atoms with Gasteiger partial charge in [-0.15, -0.1) is 0 Å². The van der Waals surface area contributed by atoms with Crippen LogP contribution < -0.4 is 0 Å². The van der Waals surface area contributed by atoms with Crippen molar-refractivity contribution in [2.75, 3.05) is 20.8 Å². The molecule has 2 aliphatic rings. The maximum atomic E-state index is 12.1. The summed E-state index contributed by atoms with van der Waals surface area (Å²) in [5.41, 5.74) is -1.62. The van der Waals surface area contributed by atoms with Crippen molar-refractivity contribution >= 4 is 0 Å². The van der Waals surface area contributed by atoms with Gasteiger partial charge in [0.2, 0.25) is 0 Å². The molecule has 0 amide bonds. The summed E-state index contributed by atoms with van der Waals surface area (Å²) in [5, 5.41) is 23.1. The van der Waals surface area contributed by atoms with E-state index in [-0.39, 0.29) is 23.4 Å². The van der Waals surface area contributed by atoms with Gasteiger partial charge in [0.05, 0.1) is 12.0 Å². The van der Waals surface area contributed by atoms with E-state index >= 15 is 0 Å². The zero-order chi connectivity index (χ0) is 20.1. The van der Waals surface area contributed by atoms with Crippen LogP contribution >= 0.6 is 0 Å². The van der Waals surface area contributed by atoms with E-state index in [1.807, 2.05) is 30.3 Å². The van der Waals surface area contributed by atoms with E-state index in [1.165, 1.54) is 0 Å². The maximum absolute atomic E-state index is 12.1. The molecule has 4 atom stereocenters. The molecule has 2 N–H and O–H groups in total. The Kier molecular flexibility index (Phi) is 5.04. The Bertz CT molecular complexity index is 664. The SMILES string of the molecule is COC1(OC)CC2C(C)(C)CCCC2(C)C(CO)(c2ccccc2)C1(C)O. The van der Waals surface area contributed by atoms with E-state index in [1.54, 1.807) is 21.1 Å². The highest BCUT2D eigenvalue weighted by atomic mass is 16.7. The lowest BCUT2D eigenvalue weighted by Crippen LogP contribution is -2.78. The third kappa shape index (κ3) is 2.43. The third-order valence-electron chi connectivity index (χ3n) is 8.41. The summed E-state index contributed by atoms with van der Waals surface area (Å²) < 4.78 is 11.9. The number of hydrogen-bond donors (Lipinski definition) is 2. The lowest BCUT2D eigenvalue weighted by molar-refractivity contribution is -0.375. The van der Waals surface area contributed by atoms with Crippen molar-refractivity contribution in [1.29, 1.82) is 0 Å². The molecule has 4 heteroatoms. The molecule has 27 heavy (non-hydrogen) atoms. The molecule has 0 bridgehead atoms.